The van der Waals surface area contributed by atoms with Crippen molar-refractivity contribution in [2.24, 2.45) is 10.9 Å². The molecule has 6 nitrogen and oxygen atoms in total. The molecule has 0 saturated carbocycles. The summed E-state index contributed by atoms with van der Waals surface area (Å²) < 4.78 is 11.1. The van der Waals surface area contributed by atoms with Crippen molar-refractivity contribution >= 4 is 5.84 Å². The SMILES string of the molecule is CCc1ccc(Oc2ccc(/C(N)=N/O)nc2)c(OC)c1. The van der Waals surface area contributed by atoms with E-state index in [2.05, 4.69) is 17.1 Å². The Morgan fingerprint density at radius 2 is 2.10 bits per heavy atom. The number of hydrogen-bond acceptors (Lipinski definition) is 5. The minimum atomic E-state index is -0.0496. The van der Waals surface area contributed by atoms with Gasteiger partial charge >= 0.3 is 0 Å². The summed E-state index contributed by atoms with van der Waals surface area (Å²) in [4.78, 5) is 4.05. The van der Waals surface area contributed by atoms with Crippen LogP contribution in [-0.2, 0) is 6.42 Å². The molecule has 2 rings (SSSR count). The van der Waals surface area contributed by atoms with E-state index in [-0.39, 0.29) is 5.84 Å². The third-order valence-electron chi connectivity index (χ3n) is 2.97. The zero-order chi connectivity index (χ0) is 15.2. The third-order valence-corrected chi connectivity index (χ3v) is 2.97. The first kappa shape index (κ1) is 14.6. The van der Waals surface area contributed by atoms with Gasteiger partial charge in [-0.05, 0) is 36.2 Å². The molecule has 1 heterocycles. The third kappa shape index (κ3) is 3.42. The van der Waals surface area contributed by atoms with Crippen molar-refractivity contribution in [3.63, 3.8) is 0 Å². The van der Waals surface area contributed by atoms with E-state index in [1.807, 2.05) is 18.2 Å². The van der Waals surface area contributed by atoms with Crippen LogP contribution in [-0.4, -0.2) is 23.1 Å². The van der Waals surface area contributed by atoms with Gasteiger partial charge in [-0.25, -0.2) is 4.98 Å². The van der Waals surface area contributed by atoms with Crippen LogP contribution in [0.2, 0.25) is 0 Å². The van der Waals surface area contributed by atoms with Gasteiger partial charge in [0.2, 0.25) is 0 Å². The molecule has 3 N–H and O–H groups in total. The second kappa shape index (κ2) is 6.60. The maximum atomic E-state index is 8.59. The molecule has 0 aliphatic rings. The highest BCUT2D eigenvalue weighted by Gasteiger charge is 2.08. The average Bonchev–Trinajstić information content (AvgIpc) is 2.55. The zero-order valence-electron chi connectivity index (χ0n) is 11.9. The van der Waals surface area contributed by atoms with E-state index in [0.717, 1.165) is 6.42 Å². The first-order chi connectivity index (χ1) is 10.2. The van der Waals surface area contributed by atoms with Gasteiger partial charge in [-0.1, -0.05) is 18.1 Å². The summed E-state index contributed by atoms with van der Waals surface area (Å²) in [6.07, 6.45) is 2.42. The van der Waals surface area contributed by atoms with Crippen molar-refractivity contribution < 1.29 is 14.7 Å². The van der Waals surface area contributed by atoms with E-state index in [1.54, 1.807) is 19.2 Å². The molecule has 0 unspecified atom stereocenters. The highest BCUT2D eigenvalue weighted by molar-refractivity contribution is 5.95. The van der Waals surface area contributed by atoms with Crippen LogP contribution in [0, 0.1) is 0 Å². The molecule has 0 amide bonds. The summed E-state index contributed by atoms with van der Waals surface area (Å²) >= 11 is 0. The van der Waals surface area contributed by atoms with Crippen LogP contribution in [0.25, 0.3) is 0 Å². The molecule has 2 aromatic rings. The summed E-state index contributed by atoms with van der Waals surface area (Å²) in [5, 5.41) is 11.5. The van der Waals surface area contributed by atoms with Gasteiger partial charge in [0.15, 0.2) is 17.3 Å². The van der Waals surface area contributed by atoms with Gasteiger partial charge < -0.3 is 20.4 Å². The first-order valence-electron chi connectivity index (χ1n) is 6.46. The normalized spacial score (nSPS) is 11.2. The van der Waals surface area contributed by atoms with E-state index in [9.17, 15) is 0 Å². The molecule has 6 heteroatoms. The van der Waals surface area contributed by atoms with Gasteiger partial charge in [-0.15, -0.1) is 0 Å². The van der Waals surface area contributed by atoms with Crippen molar-refractivity contribution in [1.82, 2.24) is 4.98 Å². The number of benzene rings is 1. The van der Waals surface area contributed by atoms with E-state index in [1.165, 1.54) is 11.8 Å². The van der Waals surface area contributed by atoms with Gasteiger partial charge in [-0.2, -0.15) is 0 Å². The lowest BCUT2D eigenvalue weighted by Gasteiger charge is -2.11. The van der Waals surface area contributed by atoms with Crippen molar-refractivity contribution in [1.29, 1.82) is 0 Å². The Kier molecular flexibility index (Phi) is 4.61. The Balaban J connectivity index is 2.22. The van der Waals surface area contributed by atoms with E-state index < -0.39 is 0 Å². The fraction of sp³-hybridized carbons (Fsp3) is 0.200. The van der Waals surface area contributed by atoms with Crippen LogP contribution in [0.4, 0.5) is 0 Å². The van der Waals surface area contributed by atoms with Gasteiger partial charge in [-0.3, -0.25) is 0 Å². The summed E-state index contributed by atoms with van der Waals surface area (Å²) in [5.74, 6) is 1.75. The van der Waals surface area contributed by atoms with Crippen molar-refractivity contribution in [2.75, 3.05) is 7.11 Å². The molecule has 21 heavy (non-hydrogen) atoms. The van der Waals surface area contributed by atoms with Crippen molar-refractivity contribution in [2.45, 2.75) is 13.3 Å². The molecular weight excluding hydrogens is 270 g/mol. The highest BCUT2D eigenvalue weighted by atomic mass is 16.5. The lowest BCUT2D eigenvalue weighted by atomic mass is 10.1. The number of amidine groups is 1. The molecular formula is C15H17N3O3. The summed E-state index contributed by atoms with van der Waals surface area (Å²) in [7, 11) is 1.60. The summed E-state index contributed by atoms with van der Waals surface area (Å²) in [5.41, 5.74) is 6.99. The van der Waals surface area contributed by atoms with Crippen LogP contribution in [0.15, 0.2) is 41.7 Å². The lowest BCUT2D eigenvalue weighted by Crippen LogP contribution is -2.14. The van der Waals surface area contributed by atoms with Gasteiger partial charge in [0.1, 0.15) is 11.4 Å². The monoisotopic (exact) mass is 287 g/mol. The number of nitrogens with two attached hydrogens (primary N) is 1. The van der Waals surface area contributed by atoms with E-state index >= 15 is 0 Å². The van der Waals surface area contributed by atoms with Crippen LogP contribution in [0.3, 0.4) is 0 Å². The Bertz CT molecular complexity index is 639. The molecule has 1 aromatic carbocycles. The largest absolute Gasteiger partial charge is 0.493 e. The van der Waals surface area contributed by atoms with Gasteiger partial charge in [0.05, 0.1) is 13.3 Å². The van der Waals surface area contributed by atoms with E-state index in [4.69, 9.17) is 20.4 Å². The second-order valence-corrected chi connectivity index (χ2v) is 4.31. The highest BCUT2D eigenvalue weighted by Crippen LogP contribution is 2.32. The standard InChI is InChI=1S/C15H17N3O3/c1-3-10-4-7-13(14(8-10)20-2)21-11-5-6-12(17-9-11)15(16)18-19/h4-9,19H,3H2,1-2H3,(H2,16,18). The number of pyridine rings is 1. The Morgan fingerprint density at radius 3 is 2.67 bits per heavy atom. The van der Waals surface area contributed by atoms with Crippen molar-refractivity contribution in [3.05, 3.63) is 47.8 Å². The number of nitrogens with zero attached hydrogens (tertiary/aromatic N) is 2. The molecule has 0 aliphatic carbocycles. The molecule has 0 saturated heterocycles. The number of ether oxygens (including phenoxy) is 2. The summed E-state index contributed by atoms with van der Waals surface area (Å²) in [6.45, 7) is 2.07. The fourth-order valence-electron chi connectivity index (χ4n) is 1.79. The smallest absolute Gasteiger partial charge is 0.188 e. The Morgan fingerprint density at radius 1 is 1.29 bits per heavy atom. The van der Waals surface area contributed by atoms with Crippen LogP contribution in [0.1, 0.15) is 18.2 Å². The first-order valence-corrected chi connectivity index (χ1v) is 6.46. The number of hydrogen-bond donors (Lipinski definition) is 2. The minimum Gasteiger partial charge on any atom is -0.493 e. The molecule has 0 bridgehead atoms. The average molecular weight is 287 g/mol. The maximum Gasteiger partial charge on any atom is 0.188 e. The van der Waals surface area contributed by atoms with E-state index in [0.29, 0.717) is 22.9 Å². The molecule has 1 aromatic heterocycles. The Hall–Kier alpha value is -2.76. The predicted molar refractivity (Wildman–Crippen MR) is 79.2 cm³/mol. The molecule has 110 valence electrons. The maximum absolute atomic E-state index is 8.59. The number of rotatable bonds is 5. The van der Waals surface area contributed by atoms with Gasteiger partial charge in [0, 0.05) is 0 Å². The number of aryl methyl sites for hydroxylation is 1. The quantitative estimate of drug-likeness (QED) is 0.382. The number of oxime groups is 1. The van der Waals surface area contributed by atoms with Crippen LogP contribution < -0.4 is 15.2 Å². The van der Waals surface area contributed by atoms with Crippen molar-refractivity contribution in [3.8, 4) is 17.2 Å². The molecule has 0 fully saturated rings. The molecule has 0 spiro atoms. The van der Waals surface area contributed by atoms with Crippen LogP contribution in [0.5, 0.6) is 17.2 Å². The second-order valence-electron chi connectivity index (χ2n) is 4.31. The molecule has 0 atom stereocenters. The Labute approximate surface area is 122 Å². The number of aromatic nitrogens is 1. The van der Waals surface area contributed by atoms with Crippen LogP contribution >= 0.6 is 0 Å². The molecule has 0 radical (unpaired) electrons. The lowest BCUT2D eigenvalue weighted by molar-refractivity contribution is 0.318. The minimum absolute atomic E-state index is 0.0496. The topological polar surface area (TPSA) is 90.0 Å². The number of methoxy groups -OCH3 is 1. The zero-order valence-corrected chi connectivity index (χ0v) is 11.9. The summed E-state index contributed by atoms with van der Waals surface area (Å²) in [6, 6.07) is 9.07. The molecule has 0 aliphatic heterocycles. The predicted octanol–water partition coefficient (Wildman–Crippen LogP) is 2.54. The van der Waals surface area contributed by atoms with Gasteiger partial charge in [0.25, 0.3) is 0 Å². The fourth-order valence-corrected chi connectivity index (χ4v) is 1.79.